The smallest absolute Gasteiger partial charge is 0.341 e. The SMILES string of the molecule is O=C(O)c1c(F)ccc(OCC2CC2)c1F. The average Bonchev–Trinajstić information content (AvgIpc) is 3.00. The Morgan fingerprint density at radius 2 is 2.12 bits per heavy atom. The summed E-state index contributed by atoms with van der Waals surface area (Å²) in [5.41, 5.74) is -0.965. The lowest BCUT2D eigenvalue weighted by molar-refractivity contribution is 0.0685. The van der Waals surface area contributed by atoms with Crippen LogP contribution in [0.15, 0.2) is 12.1 Å². The van der Waals surface area contributed by atoms with Crippen LogP contribution in [0.25, 0.3) is 0 Å². The van der Waals surface area contributed by atoms with Gasteiger partial charge in [-0.15, -0.1) is 0 Å². The molecule has 0 amide bonds. The molecule has 0 unspecified atom stereocenters. The van der Waals surface area contributed by atoms with Crippen LogP contribution in [-0.2, 0) is 0 Å². The van der Waals surface area contributed by atoms with Gasteiger partial charge in [0.05, 0.1) is 6.61 Å². The van der Waals surface area contributed by atoms with Gasteiger partial charge in [-0.25, -0.2) is 13.6 Å². The molecule has 0 aliphatic heterocycles. The van der Waals surface area contributed by atoms with Crippen LogP contribution < -0.4 is 4.74 Å². The highest BCUT2D eigenvalue weighted by Gasteiger charge is 2.24. The molecule has 0 aromatic heterocycles. The molecule has 86 valence electrons. The Balaban J connectivity index is 2.23. The van der Waals surface area contributed by atoms with Crippen molar-refractivity contribution in [2.45, 2.75) is 12.8 Å². The Labute approximate surface area is 90.7 Å². The number of hydrogen-bond donors (Lipinski definition) is 1. The number of hydrogen-bond acceptors (Lipinski definition) is 2. The van der Waals surface area contributed by atoms with Crippen LogP contribution in [0.2, 0.25) is 0 Å². The number of ether oxygens (including phenoxy) is 1. The quantitative estimate of drug-likeness (QED) is 0.860. The molecule has 1 aliphatic carbocycles. The minimum absolute atomic E-state index is 0.203. The van der Waals surface area contributed by atoms with Gasteiger partial charge in [0.2, 0.25) is 0 Å². The van der Waals surface area contributed by atoms with E-state index in [9.17, 15) is 13.6 Å². The van der Waals surface area contributed by atoms with E-state index in [4.69, 9.17) is 9.84 Å². The Bertz CT molecular complexity index is 427. The summed E-state index contributed by atoms with van der Waals surface area (Å²) in [6.45, 7) is 0.349. The highest BCUT2D eigenvalue weighted by molar-refractivity contribution is 5.88. The molecule has 0 saturated heterocycles. The van der Waals surface area contributed by atoms with Crippen molar-refractivity contribution in [1.29, 1.82) is 0 Å². The predicted octanol–water partition coefficient (Wildman–Crippen LogP) is 2.45. The molecule has 0 radical (unpaired) electrons. The molecule has 2 rings (SSSR count). The second kappa shape index (κ2) is 4.08. The molecule has 5 heteroatoms. The highest BCUT2D eigenvalue weighted by atomic mass is 19.1. The van der Waals surface area contributed by atoms with Gasteiger partial charge in [0.25, 0.3) is 0 Å². The molecule has 16 heavy (non-hydrogen) atoms. The second-order valence-electron chi connectivity index (χ2n) is 3.79. The van der Waals surface area contributed by atoms with Gasteiger partial charge in [-0.05, 0) is 30.9 Å². The third-order valence-electron chi connectivity index (χ3n) is 2.44. The first-order chi connectivity index (χ1) is 7.59. The number of carboxylic acid groups (broad SMARTS) is 1. The summed E-state index contributed by atoms with van der Waals surface area (Å²) in [4.78, 5) is 10.6. The van der Waals surface area contributed by atoms with Gasteiger partial charge in [0, 0.05) is 0 Å². The number of halogens is 2. The van der Waals surface area contributed by atoms with Crippen LogP contribution in [0, 0.1) is 17.6 Å². The van der Waals surface area contributed by atoms with E-state index in [0.29, 0.717) is 12.5 Å². The van der Waals surface area contributed by atoms with E-state index < -0.39 is 23.2 Å². The summed E-state index contributed by atoms with van der Waals surface area (Å²) in [6.07, 6.45) is 2.07. The maximum absolute atomic E-state index is 13.5. The first-order valence-corrected chi connectivity index (χ1v) is 4.93. The van der Waals surface area contributed by atoms with Crippen molar-refractivity contribution >= 4 is 5.97 Å². The van der Waals surface area contributed by atoms with Crippen LogP contribution in [0.1, 0.15) is 23.2 Å². The molecule has 1 fully saturated rings. The molecule has 0 heterocycles. The number of carbonyl (C=O) groups is 1. The van der Waals surface area contributed by atoms with Crippen molar-refractivity contribution in [3.05, 3.63) is 29.3 Å². The first kappa shape index (κ1) is 10.9. The zero-order valence-corrected chi connectivity index (χ0v) is 8.37. The summed E-state index contributed by atoms with van der Waals surface area (Å²) in [5, 5.41) is 8.63. The number of aromatic carboxylic acids is 1. The Hall–Kier alpha value is -1.65. The monoisotopic (exact) mass is 228 g/mol. The van der Waals surface area contributed by atoms with Crippen molar-refractivity contribution in [2.75, 3.05) is 6.61 Å². The molecular weight excluding hydrogens is 218 g/mol. The lowest BCUT2D eigenvalue weighted by atomic mass is 10.2. The van der Waals surface area contributed by atoms with Crippen LogP contribution in [0.3, 0.4) is 0 Å². The van der Waals surface area contributed by atoms with Gasteiger partial charge >= 0.3 is 5.97 Å². The summed E-state index contributed by atoms with van der Waals surface area (Å²) < 4.78 is 31.6. The Morgan fingerprint density at radius 1 is 1.44 bits per heavy atom. The van der Waals surface area contributed by atoms with Crippen molar-refractivity contribution in [1.82, 2.24) is 0 Å². The number of benzene rings is 1. The molecule has 1 aromatic carbocycles. The zero-order valence-electron chi connectivity index (χ0n) is 8.37. The van der Waals surface area contributed by atoms with Crippen molar-refractivity contribution in [3.8, 4) is 5.75 Å². The van der Waals surface area contributed by atoms with E-state index in [1.165, 1.54) is 0 Å². The summed E-state index contributed by atoms with van der Waals surface area (Å²) >= 11 is 0. The number of carboxylic acids is 1. The largest absolute Gasteiger partial charge is 0.490 e. The summed E-state index contributed by atoms with van der Waals surface area (Å²) in [5.74, 6) is -3.66. The average molecular weight is 228 g/mol. The van der Waals surface area contributed by atoms with Gasteiger partial charge in [0.1, 0.15) is 11.4 Å². The van der Waals surface area contributed by atoms with E-state index in [1.54, 1.807) is 0 Å². The lowest BCUT2D eigenvalue weighted by Gasteiger charge is -2.08. The molecule has 0 spiro atoms. The zero-order chi connectivity index (χ0) is 11.7. The minimum atomic E-state index is -1.63. The van der Waals surface area contributed by atoms with Gasteiger partial charge in [0.15, 0.2) is 11.6 Å². The fraction of sp³-hybridized carbons (Fsp3) is 0.364. The molecule has 1 aliphatic rings. The molecule has 1 N–H and O–H groups in total. The van der Waals surface area contributed by atoms with Crippen molar-refractivity contribution in [3.63, 3.8) is 0 Å². The maximum Gasteiger partial charge on any atom is 0.341 e. The molecule has 1 aromatic rings. The molecular formula is C11H10F2O3. The van der Waals surface area contributed by atoms with Crippen LogP contribution in [0.4, 0.5) is 8.78 Å². The third-order valence-corrected chi connectivity index (χ3v) is 2.44. The van der Waals surface area contributed by atoms with Gasteiger partial charge in [-0.1, -0.05) is 0 Å². The van der Waals surface area contributed by atoms with Gasteiger partial charge in [-0.2, -0.15) is 0 Å². The third kappa shape index (κ3) is 2.13. The topological polar surface area (TPSA) is 46.5 Å². The molecule has 3 nitrogen and oxygen atoms in total. The fourth-order valence-electron chi connectivity index (χ4n) is 1.33. The van der Waals surface area contributed by atoms with Crippen LogP contribution in [-0.4, -0.2) is 17.7 Å². The van der Waals surface area contributed by atoms with Gasteiger partial charge in [-0.3, -0.25) is 0 Å². The summed E-state index contributed by atoms with van der Waals surface area (Å²) in [7, 11) is 0. The van der Waals surface area contributed by atoms with E-state index >= 15 is 0 Å². The van der Waals surface area contributed by atoms with Crippen molar-refractivity contribution in [2.24, 2.45) is 5.92 Å². The molecule has 1 saturated carbocycles. The van der Waals surface area contributed by atoms with Crippen LogP contribution >= 0.6 is 0 Å². The minimum Gasteiger partial charge on any atom is -0.490 e. The standard InChI is InChI=1S/C11H10F2O3/c12-7-3-4-8(16-5-6-1-2-6)10(13)9(7)11(14)15/h3-4,6H,1-2,5H2,(H,14,15). The fourth-order valence-corrected chi connectivity index (χ4v) is 1.33. The van der Waals surface area contributed by atoms with E-state index in [0.717, 1.165) is 25.0 Å². The molecule has 0 bridgehead atoms. The number of rotatable bonds is 4. The Morgan fingerprint density at radius 3 is 2.69 bits per heavy atom. The van der Waals surface area contributed by atoms with Crippen LogP contribution in [0.5, 0.6) is 5.75 Å². The van der Waals surface area contributed by atoms with Crippen molar-refractivity contribution < 1.29 is 23.4 Å². The first-order valence-electron chi connectivity index (χ1n) is 4.93. The summed E-state index contributed by atoms with van der Waals surface area (Å²) in [6, 6.07) is 2.01. The lowest BCUT2D eigenvalue weighted by Crippen LogP contribution is -2.08. The normalized spacial score (nSPS) is 14.9. The maximum atomic E-state index is 13.5. The second-order valence-corrected chi connectivity index (χ2v) is 3.79. The van der Waals surface area contributed by atoms with E-state index in [1.807, 2.05) is 0 Å². The van der Waals surface area contributed by atoms with E-state index in [2.05, 4.69) is 0 Å². The highest BCUT2D eigenvalue weighted by Crippen LogP contribution is 2.31. The molecule has 0 atom stereocenters. The van der Waals surface area contributed by atoms with Gasteiger partial charge < -0.3 is 9.84 Å². The van der Waals surface area contributed by atoms with E-state index in [-0.39, 0.29) is 5.75 Å². The predicted molar refractivity (Wildman–Crippen MR) is 51.5 cm³/mol. The Kier molecular flexibility index (Phi) is 2.77.